The zero-order chi connectivity index (χ0) is 21.0. The van der Waals surface area contributed by atoms with Crippen LogP contribution in [0.2, 0.25) is 0 Å². The quantitative estimate of drug-likeness (QED) is 0.798. The van der Waals surface area contributed by atoms with E-state index in [2.05, 4.69) is 4.98 Å². The van der Waals surface area contributed by atoms with Crippen molar-refractivity contribution in [3.8, 4) is 0 Å². The third-order valence-corrected chi connectivity index (χ3v) is 5.11. The Morgan fingerprint density at radius 1 is 1.03 bits per heavy atom. The molecule has 0 aliphatic carbocycles. The lowest BCUT2D eigenvalue weighted by Gasteiger charge is -2.34. The predicted octanol–water partition coefficient (Wildman–Crippen LogP) is 2.36. The predicted molar refractivity (Wildman–Crippen MR) is 111 cm³/mol. The van der Waals surface area contributed by atoms with Crippen molar-refractivity contribution in [3.63, 3.8) is 0 Å². The van der Waals surface area contributed by atoms with Crippen LogP contribution in [0, 0.1) is 6.92 Å². The van der Waals surface area contributed by atoms with Crippen molar-refractivity contribution in [1.82, 2.24) is 14.8 Å². The summed E-state index contributed by atoms with van der Waals surface area (Å²) < 4.78 is 0. The molecule has 3 rings (SSSR count). The highest BCUT2D eigenvalue weighted by Gasteiger charge is 2.25. The number of hydrogen-bond donors (Lipinski definition) is 0. The Morgan fingerprint density at radius 2 is 1.72 bits per heavy atom. The van der Waals surface area contributed by atoms with Crippen molar-refractivity contribution in [1.29, 1.82) is 0 Å². The zero-order valence-corrected chi connectivity index (χ0v) is 17.1. The second-order valence-corrected chi connectivity index (χ2v) is 7.12. The van der Waals surface area contributed by atoms with Crippen LogP contribution in [0.15, 0.2) is 42.6 Å². The van der Waals surface area contributed by atoms with Crippen LogP contribution in [-0.2, 0) is 4.79 Å². The van der Waals surface area contributed by atoms with E-state index in [9.17, 15) is 14.4 Å². The molecule has 1 aliphatic rings. The smallest absolute Gasteiger partial charge is 0.276 e. The number of rotatable bonds is 4. The third-order valence-electron chi connectivity index (χ3n) is 5.11. The van der Waals surface area contributed by atoms with Gasteiger partial charge in [0.05, 0.1) is 0 Å². The lowest BCUT2D eigenvalue weighted by Crippen LogP contribution is -2.50. The number of pyridine rings is 1. The molecule has 0 bridgehead atoms. The van der Waals surface area contributed by atoms with Gasteiger partial charge in [0.1, 0.15) is 5.69 Å². The topological polar surface area (TPSA) is 73.8 Å². The summed E-state index contributed by atoms with van der Waals surface area (Å²) in [4.78, 5) is 46.7. The fourth-order valence-electron chi connectivity index (χ4n) is 3.47. The van der Waals surface area contributed by atoms with Crippen LogP contribution in [0.25, 0.3) is 0 Å². The Kier molecular flexibility index (Phi) is 6.26. The fraction of sp³-hybridized carbons (Fsp3) is 0.364. The van der Waals surface area contributed by atoms with E-state index in [4.69, 9.17) is 0 Å². The van der Waals surface area contributed by atoms with Crippen LogP contribution >= 0.6 is 0 Å². The Bertz CT molecular complexity index is 920. The van der Waals surface area contributed by atoms with E-state index in [1.54, 1.807) is 26.8 Å². The van der Waals surface area contributed by atoms with Crippen molar-refractivity contribution < 1.29 is 14.4 Å². The van der Waals surface area contributed by atoms with Gasteiger partial charge in [-0.2, -0.15) is 0 Å². The van der Waals surface area contributed by atoms with Gasteiger partial charge >= 0.3 is 0 Å². The summed E-state index contributed by atoms with van der Waals surface area (Å²) in [6, 6.07) is 10.9. The number of nitrogens with zero attached hydrogens (tertiary/aromatic N) is 4. The standard InChI is InChI=1S/C22H26N4O3/c1-4-26(19-7-5-6-16(2)14-19)22(29)20-15-18(8-9-23-20)21(28)25-12-10-24(11-13-25)17(3)27/h5-9,14-15H,4,10-13H2,1-3H3. The largest absolute Gasteiger partial charge is 0.339 e. The van der Waals surface area contributed by atoms with Gasteiger partial charge < -0.3 is 14.7 Å². The lowest BCUT2D eigenvalue weighted by atomic mass is 10.1. The van der Waals surface area contributed by atoms with Crippen LogP contribution in [0.1, 0.15) is 40.3 Å². The number of benzene rings is 1. The van der Waals surface area contributed by atoms with E-state index in [1.165, 1.54) is 13.1 Å². The number of carbonyl (C=O) groups excluding carboxylic acids is 3. The van der Waals surface area contributed by atoms with E-state index >= 15 is 0 Å². The first kappa shape index (κ1) is 20.5. The van der Waals surface area contributed by atoms with Crippen LogP contribution in [-0.4, -0.2) is 65.2 Å². The summed E-state index contributed by atoms with van der Waals surface area (Å²) >= 11 is 0. The Balaban J connectivity index is 1.77. The molecule has 3 amide bonds. The molecule has 1 saturated heterocycles. The molecule has 0 N–H and O–H groups in total. The highest BCUT2D eigenvalue weighted by molar-refractivity contribution is 6.06. The summed E-state index contributed by atoms with van der Waals surface area (Å²) in [5.74, 6) is -0.373. The van der Waals surface area contributed by atoms with Gasteiger partial charge in [-0.05, 0) is 43.7 Å². The molecule has 0 saturated carbocycles. The Morgan fingerprint density at radius 3 is 2.34 bits per heavy atom. The molecule has 7 nitrogen and oxygen atoms in total. The summed E-state index contributed by atoms with van der Waals surface area (Å²) in [6.45, 7) is 7.92. The van der Waals surface area contributed by atoms with Crippen molar-refractivity contribution in [2.24, 2.45) is 0 Å². The minimum Gasteiger partial charge on any atom is -0.339 e. The second-order valence-electron chi connectivity index (χ2n) is 7.12. The summed E-state index contributed by atoms with van der Waals surface area (Å²) in [6.07, 6.45) is 1.50. The van der Waals surface area contributed by atoms with Crippen molar-refractivity contribution in [2.45, 2.75) is 20.8 Å². The van der Waals surface area contributed by atoms with Gasteiger partial charge in [0.25, 0.3) is 11.8 Å². The van der Waals surface area contributed by atoms with Gasteiger partial charge in [0, 0.05) is 57.1 Å². The molecular weight excluding hydrogens is 368 g/mol. The Labute approximate surface area is 170 Å². The van der Waals surface area contributed by atoms with Crippen LogP contribution in [0.3, 0.4) is 0 Å². The average Bonchev–Trinajstić information content (AvgIpc) is 2.74. The SMILES string of the molecule is CCN(C(=O)c1cc(C(=O)N2CCN(C(C)=O)CC2)ccn1)c1cccc(C)c1. The maximum Gasteiger partial charge on any atom is 0.276 e. The monoisotopic (exact) mass is 394 g/mol. The van der Waals surface area contributed by atoms with Gasteiger partial charge in [-0.15, -0.1) is 0 Å². The summed E-state index contributed by atoms with van der Waals surface area (Å²) in [7, 11) is 0. The molecule has 152 valence electrons. The number of anilines is 1. The molecule has 0 atom stereocenters. The maximum absolute atomic E-state index is 13.1. The minimum absolute atomic E-state index is 0.0182. The van der Waals surface area contributed by atoms with E-state index < -0.39 is 0 Å². The van der Waals surface area contributed by atoms with Gasteiger partial charge in [-0.1, -0.05) is 12.1 Å². The minimum atomic E-state index is -0.242. The van der Waals surface area contributed by atoms with Crippen LogP contribution < -0.4 is 4.90 Å². The number of aryl methyl sites for hydroxylation is 1. The van der Waals surface area contributed by atoms with Gasteiger partial charge in [0.2, 0.25) is 5.91 Å². The van der Waals surface area contributed by atoms with Gasteiger partial charge in [-0.25, -0.2) is 0 Å². The van der Waals surface area contributed by atoms with Crippen molar-refractivity contribution in [3.05, 3.63) is 59.4 Å². The van der Waals surface area contributed by atoms with Crippen molar-refractivity contribution >= 4 is 23.4 Å². The molecule has 2 aromatic rings. The van der Waals surface area contributed by atoms with Gasteiger partial charge in [0.15, 0.2) is 0 Å². The van der Waals surface area contributed by atoms with Crippen LogP contribution in [0.5, 0.6) is 0 Å². The highest BCUT2D eigenvalue weighted by Crippen LogP contribution is 2.19. The fourth-order valence-corrected chi connectivity index (χ4v) is 3.47. The Hall–Kier alpha value is -3.22. The normalized spacial score (nSPS) is 13.9. The molecule has 0 radical (unpaired) electrons. The number of hydrogen-bond acceptors (Lipinski definition) is 4. The first-order valence-electron chi connectivity index (χ1n) is 9.80. The second kappa shape index (κ2) is 8.86. The van der Waals surface area contributed by atoms with E-state index in [1.807, 2.05) is 38.1 Å². The maximum atomic E-state index is 13.1. The molecule has 7 heteroatoms. The van der Waals surface area contributed by atoms with Crippen LogP contribution in [0.4, 0.5) is 5.69 Å². The zero-order valence-electron chi connectivity index (χ0n) is 17.1. The van der Waals surface area contributed by atoms with E-state index in [-0.39, 0.29) is 23.4 Å². The molecule has 1 fully saturated rings. The lowest BCUT2D eigenvalue weighted by molar-refractivity contribution is -0.130. The molecule has 0 spiro atoms. The van der Waals surface area contributed by atoms with Gasteiger partial charge in [-0.3, -0.25) is 19.4 Å². The first-order chi connectivity index (χ1) is 13.9. The molecule has 2 heterocycles. The molecule has 29 heavy (non-hydrogen) atoms. The average molecular weight is 394 g/mol. The molecule has 1 aliphatic heterocycles. The number of carbonyl (C=O) groups is 3. The molecule has 1 aromatic carbocycles. The molecular formula is C22H26N4O3. The van der Waals surface area contributed by atoms with E-state index in [0.29, 0.717) is 38.3 Å². The molecule has 1 aromatic heterocycles. The summed E-state index contributed by atoms with van der Waals surface area (Å²) in [5.41, 5.74) is 2.54. The number of aromatic nitrogens is 1. The molecule has 0 unspecified atom stereocenters. The number of piperazine rings is 1. The summed E-state index contributed by atoms with van der Waals surface area (Å²) in [5, 5.41) is 0. The third kappa shape index (κ3) is 4.62. The first-order valence-corrected chi connectivity index (χ1v) is 9.80. The number of amides is 3. The highest BCUT2D eigenvalue weighted by atomic mass is 16.2. The van der Waals surface area contributed by atoms with E-state index in [0.717, 1.165) is 11.3 Å². The van der Waals surface area contributed by atoms with Crippen molar-refractivity contribution in [2.75, 3.05) is 37.6 Å².